The van der Waals surface area contributed by atoms with Gasteiger partial charge in [-0.25, -0.2) is 9.59 Å². The molecule has 112 valence electrons. The third-order valence-corrected chi connectivity index (χ3v) is 3.18. The van der Waals surface area contributed by atoms with Crippen LogP contribution in [0.3, 0.4) is 0 Å². The molecule has 0 atom stereocenters. The largest absolute Gasteiger partial charge is 0.477 e. The molecular weight excluding hydrogens is 274 g/mol. The predicted octanol–water partition coefficient (Wildman–Crippen LogP) is 2.82. The quantitative estimate of drug-likeness (QED) is 0.903. The van der Waals surface area contributed by atoms with E-state index in [-0.39, 0.29) is 23.4 Å². The van der Waals surface area contributed by atoms with Crippen LogP contribution in [0.4, 0.5) is 0 Å². The number of carbonyl (C=O) groups is 2. The Morgan fingerprint density at radius 2 is 1.86 bits per heavy atom. The van der Waals surface area contributed by atoms with Gasteiger partial charge in [-0.05, 0) is 29.2 Å². The molecule has 2 rings (SSSR count). The Kier molecular flexibility index (Phi) is 3.63. The van der Waals surface area contributed by atoms with Gasteiger partial charge in [0.25, 0.3) is 0 Å². The summed E-state index contributed by atoms with van der Waals surface area (Å²) in [6, 6.07) is 4.52. The third-order valence-electron chi connectivity index (χ3n) is 3.18. The summed E-state index contributed by atoms with van der Waals surface area (Å²) in [6.45, 7) is 6.15. The highest BCUT2D eigenvalue weighted by atomic mass is 16.4. The van der Waals surface area contributed by atoms with E-state index in [1.165, 1.54) is 12.1 Å². The van der Waals surface area contributed by atoms with Gasteiger partial charge in [-0.2, -0.15) is 0 Å². The Bertz CT molecular complexity index is 687. The first-order valence-electron chi connectivity index (χ1n) is 6.44. The first-order chi connectivity index (χ1) is 9.68. The molecule has 0 saturated heterocycles. The van der Waals surface area contributed by atoms with Gasteiger partial charge in [-0.15, -0.1) is 0 Å². The number of rotatable bonds is 4. The van der Waals surface area contributed by atoms with Gasteiger partial charge in [0.15, 0.2) is 0 Å². The van der Waals surface area contributed by atoms with Crippen molar-refractivity contribution in [3.63, 3.8) is 0 Å². The summed E-state index contributed by atoms with van der Waals surface area (Å²) in [5, 5.41) is 18.1. The van der Waals surface area contributed by atoms with Crippen LogP contribution in [-0.4, -0.2) is 26.7 Å². The Labute approximate surface area is 121 Å². The van der Waals surface area contributed by atoms with Crippen LogP contribution < -0.4 is 0 Å². The van der Waals surface area contributed by atoms with Crippen LogP contribution in [0.5, 0.6) is 0 Å². The molecule has 0 saturated carbocycles. The fourth-order valence-electron chi connectivity index (χ4n) is 1.98. The lowest BCUT2D eigenvalue weighted by atomic mass is 9.89. The van der Waals surface area contributed by atoms with Gasteiger partial charge in [-0.1, -0.05) is 20.8 Å². The van der Waals surface area contributed by atoms with E-state index in [1.807, 2.05) is 20.8 Å². The first-order valence-corrected chi connectivity index (χ1v) is 6.44. The lowest BCUT2D eigenvalue weighted by molar-refractivity contribution is 0.0653. The minimum Gasteiger partial charge on any atom is -0.477 e. The molecule has 2 aromatic heterocycles. The first kappa shape index (κ1) is 14.9. The third kappa shape index (κ3) is 3.16. The van der Waals surface area contributed by atoms with E-state index >= 15 is 0 Å². The molecule has 0 spiro atoms. The second-order valence-corrected chi connectivity index (χ2v) is 5.87. The van der Waals surface area contributed by atoms with E-state index in [1.54, 1.807) is 16.8 Å². The summed E-state index contributed by atoms with van der Waals surface area (Å²) >= 11 is 0. The van der Waals surface area contributed by atoms with Crippen LogP contribution in [0.15, 0.2) is 28.8 Å². The molecule has 6 heteroatoms. The molecule has 0 radical (unpaired) electrons. The molecule has 0 bridgehead atoms. The minimum absolute atomic E-state index is 0.146. The Balaban J connectivity index is 2.35. The average Bonchev–Trinajstić information content (AvgIpc) is 2.95. The molecule has 0 aliphatic carbocycles. The zero-order valence-corrected chi connectivity index (χ0v) is 12.1. The summed E-state index contributed by atoms with van der Waals surface area (Å²) < 4.78 is 6.71. The van der Waals surface area contributed by atoms with Crippen LogP contribution in [-0.2, 0) is 12.0 Å². The number of aromatic nitrogens is 1. The monoisotopic (exact) mass is 291 g/mol. The van der Waals surface area contributed by atoms with Crippen molar-refractivity contribution in [2.75, 3.05) is 0 Å². The van der Waals surface area contributed by atoms with E-state index < -0.39 is 11.9 Å². The van der Waals surface area contributed by atoms with Gasteiger partial charge < -0.3 is 19.2 Å². The maximum atomic E-state index is 11.3. The number of hydrogen-bond donors (Lipinski definition) is 2. The molecule has 0 unspecified atom stereocenters. The van der Waals surface area contributed by atoms with Crippen molar-refractivity contribution in [3.05, 3.63) is 47.2 Å². The molecular formula is C15H17NO5. The molecule has 0 aliphatic rings. The standard InChI is InChI=1S/C15H17NO5/c1-15(2,3)9-6-11(13(17)18)16(7-9)8-10-4-5-12(21-10)14(19)20/h4-7H,8H2,1-3H3,(H,17,18)(H,19,20). The van der Waals surface area contributed by atoms with E-state index in [0.29, 0.717) is 5.76 Å². The highest BCUT2D eigenvalue weighted by Crippen LogP contribution is 2.25. The summed E-state index contributed by atoms with van der Waals surface area (Å²) in [4.78, 5) is 22.1. The summed E-state index contributed by atoms with van der Waals surface area (Å²) in [6.07, 6.45) is 1.76. The van der Waals surface area contributed by atoms with Crippen LogP contribution >= 0.6 is 0 Å². The van der Waals surface area contributed by atoms with Gasteiger partial charge in [0.05, 0.1) is 6.54 Å². The Morgan fingerprint density at radius 3 is 2.33 bits per heavy atom. The molecule has 0 aromatic carbocycles. The van der Waals surface area contributed by atoms with Crippen molar-refractivity contribution in [2.24, 2.45) is 0 Å². The number of carboxylic acid groups (broad SMARTS) is 2. The highest BCUT2D eigenvalue weighted by Gasteiger charge is 2.21. The Morgan fingerprint density at radius 1 is 1.19 bits per heavy atom. The SMILES string of the molecule is CC(C)(C)c1cc(C(=O)O)n(Cc2ccc(C(=O)O)o2)c1. The number of nitrogens with zero attached hydrogens (tertiary/aromatic N) is 1. The predicted molar refractivity (Wildman–Crippen MR) is 74.9 cm³/mol. The van der Waals surface area contributed by atoms with Crippen molar-refractivity contribution < 1.29 is 24.2 Å². The van der Waals surface area contributed by atoms with Gasteiger partial charge >= 0.3 is 11.9 Å². The maximum absolute atomic E-state index is 11.3. The van der Waals surface area contributed by atoms with E-state index in [4.69, 9.17) is 9.52 Å². The van der Waals surface area contributed by atoms with Crippen molar-refractivity contribution in [1.29, 1.82) is 0 Å². The van der Waals surface area contributed by atoms with Crippen LogP contribution in [0.2, 0.25) is 0 Å². The van der Waals surface area contributed by atoms with Crippen LogP contribution in [0, 0.1) is 0 Å². The summed E-state index contributed by atoms with van der Waals surface area (Å²) in [5.74, 6) is -1.95. The Hall–Kier alpha value is -2.50. The zero-order chi connectivity index (χ0) is 15.8. The molecule has 2 aromatic rings. The fourth-order valence-corrected chi connectivity index (χ4v) is 1.98. The van der Waals surface area contributed by atoms with Crippen LogP contribution in [0.1, 0.15) is 53.1 Å². The molecule has 21 heavy (non-hydrogen) atoms. The molecule has 0 aliphatic heterocycles. The van der Waals surface area contributed by atoms with Gasteiger partial charge in [0.2, 0.25) is 5.76 Å². The minimum atomic E-state index is -1.15. The van der Waals surface area contributed by atoms with E-state index in [2.05, 4.69) is 0 Å². The summed E-state index contributed by atoms with van der Waals surface area (Å²) in [7, 11) is 0. The van der Waals surface area contributed by atoms with Crippen molar-refractivity contribution >= 4 is 11.9 Å². The normalized spacial score (nSPS) is 11.6. The van der Waals surface area contributed by atoms with Crippen molar-refractivity contribution in [3.8, 4) is 0 Å². The molecule has 0 amide bonds. The van der Waals surface area contributed by atoms with E-state index in [0.717, 1.165) is 5.56 Å². The van der Waals surface area contributed by atoms with Crippen molar-refractivity contribution in [1.82, 2.24) is 4.57 Å². The maximum Gasteiger partial charge on any atom is 0.371 e. The van der Waals surface area contributed by atoms with Gasteiger partial charge in [0.1, 0.15) is 11.5 Å². The highest BCUT2D eigenvalue weighted by molar-refractivity contribution is 5.86. The number of furan rings is 1. The molecule has 6 nitrogen and oxygen atoms in total. The number of aromatic carboxylic acids is 2. The lowest BCUT2D eigenvalue weighted by Gasteiger charge is -2.15. The van der Waals surface area contributed by atoms with Gasteiger partial charge in [0, 0.05) is 6.20 Å². The lowest BCUT2D eigenvalue weighted by Crippen LogP contribution is -2.09. The fraction of sp³-hybridized carbons (Fsp3) is 0.333. The van der Waals surface area contributed by atoms with Crippen LogP contribution in [0.25, 0.3) is 0 Å². The number of hydrogen-bond acceptors (Lipinski definition) is 3. The molecule has 2 heterocycles. The second kappa shape index (κ2) is 5.12. The number of carboxylic acids is 2. The van der Waals surface area contributed by atoms with Gasteiger partial charge in [-0.3, -0.25) is 0 Å². The smallest absolute Gasteiger partial charge is 0.371 e. The summed E-state index contributed by atoms with van der Waals surface area (Å²) in [5.41, 5.74) is 0.864. The topological polar surface area (TPSA) is 92.7 Å². The van der Waals surface area contributed by atoms with E-state index in [9.17, 15) is 14.7 Å². The second-order valence-electron chi connectivity index (χ2n) is 5.87. The van der Waals surface area contributed by atoms with Crippen molar-refractivity contribution in [2.45, 2.75) is 32.7 Å². The average molecular weight is 291 g/mol. The molecule has 2 N–H and O–H groups in total. The molecule has 0 fully saturated rings. The zero-order valence-electron chi connectivity index (χ0n) is 12.1.